The van der Waals surface area contributed by atoms with Gasteiger partial charge in [-0.1, -0.05) is 18.5 Å². The minimum absolute atomic E-state index is 0.0971. The Labute approximate surface area is 146 Å². The number of nitrogens with zero attached hydrogens (tertiary/aromatic N) is 5. The molecule has 0 unspecified atom stereocenters. The number of piperidine rings is 1. The van der Waals surface area contributed by atoms with Crippen LogP contribution in [-0.2, 0) is 6.54 Å². The van der Waals surface area contributed by atoms with Crippen molar-refractivity contribution < 1.29 is 4.79 Å². The van der Waals surface area contributed by atoms with Crippen LogP contribution in [0.3, 0.4) is 0 Å². The fourth-order valence-electron chi connectivity index (χ4n) is 3.12. The molecule has 2 aromatic heterocycles. The first-order chi connectivity index (χ1) is 11.6. The van der Waals surface area contributed by atoms with Gasteiger partial charge in [-0.25, -0.2) is 0 Å². The second-order valence-electron chi connectivity index (χ2n) is 6.26. The minimum Gasteiger partial charge on any atom is -0.337 e. The monoisotopic (exact) mass is 347 g/mol. The zero-order valence-electron chi connectivity index (χ0n) is 14.1. The van der Waals surface area contributed by atoms with E-state index in [0.717, 1.165) is 43.7 Å². The molecule has 1 fully saturated rings. The number of aryl methyl sites for hydroxylation is 2. The van der Waals surface area contributed by atoms with E-state index in [1.54, 1.807) is 23.3 Å². The summed E-state index contributed by atoms with van der Waals surface area (Å²) in [7, 11) is 0. The van der Waals surface area contributed by atoms with Crippen LogP contribution in [0, 0.1) is 6.92 Å². The van der Waals surface area contributed by atoms with Crippen LogP contribution >= 0.6 is 11.6 Å². The van der Waals surface area contributed by atoms with Crippen molar-refractivity contribution in [2.75, 3.05) is 13.1 Å². The zero-order chi connectivity index (χ0) is 17.1. The Hall–Kier alpha value is -1.95. The van der Waals surface area contributed by atoms with E-state index in [0.29, 0.717) is 17.3 Å². The molecule has 1 saturated heterocycles. The fraction of sp³-hybridized carbons (Fsp3) is 0.529. The molecule has 24 heavy (non-hydrogen) atoms. The van der Waals surface area contributed by atoms with Crippen molar-refractivity contribution >= 4 is 17.5 Å². The van der Waals surface area contributed by atoms with Gasteiger partial charge in [0, 0.05) is 44.1 Å². The minimum atomic E-state index is -0.0971. The number of carbonyl (C=O) groups is 1. The summed E-state index contributed by atoms with van der Waals surface area (Å²) >= 11 is 6.22. The first-order valence-electron chi connectivity index (χ1n) is 8.39. The van der Waals surface area contributed by atoms with Gasteiger partial charge in [-0.2, -0.15) is 5.10 Å². The Bertz CT molecular complexity index is 730. The highest BCUT2D eigenvalue weighted by Crippen LogP contribution is 2.27. The number of carbonyl (C=O) groups excluding carboxylic acids is 1. The predicted molar refractivity (Wildman–Crippen MR) is 92.2 cm³/mol. The summed E-state index contributed by atoms with van der Waals surface area (Å²) in [5, 5.41) is 4.77. The van der Waals surface area contributed by atoms with Crippen molar-refractivity contribution in [1.29, 1.82) is 0 Å². The predicted octanol–water partition coefficient (Wildman–Crippen LogP) is 3.06. The molecular formula is C17H22ClN5O. The SMILES string of the molecule is CCCn1cc(Cl)c(C(=O)N2CCC[C@H](c3cncc(C)n3)C2)n1. The quantitative estimate of drug-likeness (QED) is 0.852. The summed E-state index contributed by atoms with van der Waals surface area (Å²) in [6, 6.07) is 0. The van der Waals surface area contributed by atoms with Crippen LogP contribution in [0.4, 0.5) is 0 Å². The van der Waals surface area contributed by atoms with Crippen molar-refractivity contribution in [3.63, 3.8) is 0 Å². The van der Waals surface area contributed by atoms with E-state index in [1.807, 2.05) is 11.8 Å². The van der Waals surface area contributed by atoms with Crippen molar-refractivity contribution in [1.82, 2.24) is 24.6 Å². The lowest BCUT2D eigenvalue weighted by Gasteiger charge is -2.32. The Balaban J connectivity index is 1.75. The molecule has 1 atom stereocenters. The Morgan fingerprint density at radius 3 is 3.00 bits per heavy atom. The molecule has 0 aromatic carbocycles. The second-order valence-corrected chi connectivity index (χ2v) is 6.67. The van der Waals surface area contributed by atoms with Gasteiger partial charge in [0.2, 0.25) is 0 Å². The molecule has 0 radical (unpaired) electrons. The average Bonchev–Trinajstić information content (AvgIpc) is 2.95. The first kappa shape index (κ1) is 16.9. The average molecular weight is 348 g/mol. The molecule has 0 aliphatic carbocycles. The highest BCUT2D eigenvalue weighted by molar-refractivity contribution is 6.33. The van der Waals surface area contributed by atoms with Crippen molar-refractivity contribution in [2.24, 2.45) is 0 Å². The molecule has 128 valence electrons. The van der Waals surface area contributed by atoms with Gasteiger partial charge in [0.25, 0.3) is 5.91 Å². The zero-order valence-corrected chi connectivity index (χ0v) is 14.8. The van der Waals surface area contributed by atoms with E-state index in [4.69, 9.17) is 11.6 Å². The molecule has 0 bridgehead atoms. The number of hydrogen-bond donors (Lipinski definition) is 0. The van der Waals surface area contributed by atoms with Crippen LogP contribution < -0.4 is 0 Å². The summed E-state index contributed by atoms with van der Waals surface area (Å²) in [4.78, 5) is 23.4. The van der Waals surface area contributed by atoms with Crippen LogP contribution in [0.15, 0.2) is 18.6 Å². The van der Waals surface area contributed by atoms with Gasteiger partial charge in [0.1, 0.15) is 0 Å². The molecule has 0 saturated carbocycles. The lowest BCUT2D eigenvalue weighted by atomic mass is 9.94. The van der Waals surface area contributed by atoms with Crippen LogP contribution in [0.5, 0.6) is 0 Å². The van der Waals surface area contributed by atoms with Gasteiger partial charge in [-0.05, 0) is 26.2 Å². The summed E-state index contributed by atoms with van der Waals surface area (Å²) in [5.41, 5.74) is 2.20. The fourth-order valence-corrected chi connectivity index (χ4v) is 3.35. The van der Waals surface area contributed by atoms with Crippen LogP contribution in [0.25, 0.3) is 0 Å². The lowest BCUT2D eigenvalue weighted by Crippen LogP contribution is -2.39. The molecule has 6 nitrogen and oxygen atoms in total. The summed E-state index contributed by atoms with van der Waals surface area (Å²) < 4.78 is 1.74. The maximum Gasteiger partial charge on any atom is 0.275 e. The maximum absolute atomic E-state index is 12.8. The molecule has 3 heterocycles. The number of rotatable bonds is 4. The molecule has 0 spiro atoms. The third-order valence-electron chi connectivity index (χ3n) is 4.27. The molecule has 1 amide bonds. The number of halogens is 1. The summed E-state index contributed by atoms with van der Waals surface area (Å²) in [6.45, 7) is 6.12. The summed E-state index contributed by atoms with van der Waals surface area (Å²) in [6.07, 6.45) is 8.18. The van der Waals surface area contributed by atoms with E-state index >= 15 is 0 Å². The highest BCUT2D eigenvalue weighted by atomic mass is 35.5. The van der Waals surface area contributed by atoms with Gasteiger partial charge in [-0.3, -0.25) is 19.4 Å². The molecule has 1 aliphatic heterocycles. The van der Waals surface area contributed by atoms with E-state index in [-0.39, 0.29) is 11.8 Å². The van der Waals surface area contributed by atoms with Crippen molar-refractivity contribution in [3.8, 4) is 0 Å². The summed E-state index contributed by atoms with van der Waals surface area (Å²) in [5.74, 6) is 0.117. The number of likely N-dealkylation sites (tertiary alicyclic amines) is 1. The lowest BCUT2D eigenvalue weighted by molar-refractivity contribution is 0.0699. The van der Waals surface area contributed by atoms with E-state index in [2.05, 4.69) is 22.0 Å². The number of hydrogen-bond acceptors (Lipinski definition) is 4. The molecule has 7 heteroatoms. The van der Waals surface area contributed by atoms with Gasteiger partial charge < -0.3 is 4.90 Å². The smallest absolute Gasteiger partial charge is 0.275 e. The third-order valence-corrected chi connectivity index (χ3v) is 4.55. The first-order valence-corrected chi connectivity index (χ1v) is 8.77. The highest BCUT2D eigenvalue weighted by Gasteiger charge is 2.29. The molecule has 2 aromatic rings. The maximum atomic E-state index is 12.8. The molecular weight excluding hydrogens is 326 g/mol. The van der Waals surface area contributed by atoms with Crippen LogP contribution in [0.2, 0.25) is 5.02 Å². The van der Waals surface area contributed by atoms with Gasteiger partial charge in [-0.15, -0.1) is 0 Å². The largest absolute Gasteiger partial charge is 0.337 e. The van der Waals surface area contributed by atoms with Crippen molar-refractivity contribution in [2.45, 2.75) is 45.6 Å². The molecule has 0 N–H and O–H groups in total. The normalized spacial score (nSPS) is 18.0. The Kier molecular flexibility index (Phi) is 5.14. The van der Waals surface area contributed by atoms with E-state index < -0.39 is 0 Å². The second kappa shape index (κ2) is 7.30. The van der Waals surface area contributed by atoms with Gasteiger partial charge in [0.15, 0.2) is 5.69 Å². The van der Waals surface area contributed by atoms with Gasteiger partial charge in [0.05, 0.1) is 16.4 Å². The van der Waals surface area contributed by atoms with Crippen LogP contribution in [0.1, 0.15) is 54.0 Å². The van der Waals surface area contributed by atoms with E-state index in [9.17, 15) is 4.79 Å². The Morgan fingerprint density at radius 2 is 2.25 bits per heavy atom. The topological polar surface area (TPSA) is 63.9 Å². The van der Waals surface area contributed by atoms with Gasteiger partial charge >= 0.3 is 0 Å². The molecule has 3 rings (SSSR count). The molecule has 1 aliphatic rings. The standard InChI is InChI=1S/C17H22ClN5O/c1-3-6-23-11-14(18)16(21-23)17(24)22-7-4-5-13(10-22)15-9-19-8-12(2)20-15/h8-9,11,13H,3-7,10H2,1-2H3/t13-/m0/s1. The van der Waals surface area contributed by atoms with E-state index in [1.165, 1.54) is 0 Å². The Morgan fingerprint density at radius 1 is 1.42 bits per heavy atom. The number of amides is 1. The van der Waals surface area contributed by atoms with Crippen LogP contribution in [-0.4, -0.2) is 43.6 Å². The number of aromatic nitrogens is 4. The van der Waals surface area contributed by atoms with Crippen molar-refractivity contribution in [3.05, 3.63) is 40.7 Å². The third kappa shape index (κ3) is 3.59.